The Kier molecular flexibility index (Phi) is 5.80. The van der Waals surface area contributed by atoms with Gasteiger partial charge in [0.05, 0.1) is 0 Å². The number of nitrogens with zero attached hydrogens (tertiary/aromatic N) is 1. The van der Waals surface area contributed by atoms with Crippen LogP contribution in [0.3, 0.4) is 0 Å². The number of carbonyl (C=O) groups is 1. The molecule has 2 unspecified atom stereocenters. The van der Waals surface area contributed by atoms with Crippen molar-refractivity contribution in [3.8, 4) is 0 Å². The lowest BCUT2D eigenvalue weighted by Gasteiger charge is -2.32. The van der Waals surface area contributed by atoms with E-state index < -0.39 is 0 Å². The average molecular weight is 288 g/mol. The maximum atomic E-state index is 12.7. The highest BCUT2D eigenvalue weighted by atomic mass is 16.2. The Bertz CT molecular complexity index is 455. The molecular formula is C18H28N2O. The molecule has 2 atom stereocenters. The van der Waals surface area contributed by atoms with Crippen LogP contribution in [0.5, 0.6) is 0 Å². The van der Waals surface area contributed by atoms with Gasteiger partial charge in [-0.3, -0.25) is 4.79 Å². The third-order valence-electron chi connectivity index (χ3n) is 4.76. The normalized spacial score (nSPS) is 22.0. The van der Waals surface area contributed by atoms with Gasteiger partial charge in [0.2, 0.25) is 5.91 Å². The van der Waals surface area contributed by atoms with Gasteiger partial charge in [0.15, 0.2) is 0 Å². The van der Waals surface area contributed by atoms with Gasteiger partial charge < -0.3 is 10.6 Å². The standard InChI is InChI=1S/C18H28N2O/c1-3-14-8-10-15(11-9-14)13-20(2)18(21)17-7-5-4-6-16(17)12-19/h8-11,16-17H,3-7,12-13,19H2,1-2H3. The second-order valence-electron chi connectivity index (χ2n) is 6.25. The highest BCUT2D eigenvalue weighted by molar-refractivity contribution is 5.79. The van der Waals surface area contributed by atoms with Gasteiger partial charge in [0.25, 0.3) is 0 Å². The molecular weight excluding hydrogens is 260 g/mol. The SMILES string of the molecule is CCc1ccc(CN(C)C(=O)C2CCCCC2CN)cc1. The first-order valence-electron chi connectivity index (χ1n) is 8.18. The van der Waals surface area contributed by atoms with E-state index in [-0.39, 0.29) is 11.8 Å². The highest BCUT2D eigenvalue weighted by Crippen LogP contribution is 2.30. The van der Waals surface area contributed by atoms with E-state index >= 15 is 0 Å². The molecule has 116 valence electrons. The number of rotatable bonds is 5. The topological polar surface area (TPSA) is 46.3 Å². The summed E-state index contributed by atoms with van der Waals surface area (Å²) in [6, 6.07) is 8.56. The van der Waals surface area contributed by atoms with Crippen molar-refractivity contribution in [2.24, 2.45) is 17.6 Å². The fourth-order valence-electron chi connectivity index (χ4n) is 3.33. The molecule has 0 aromatic heterocycles. The van der Waals surface area contributed by atoms with Gasteiger partial charge in [-0.25, -0.2) is 0 Å². The van der Waals surface area contributed by atoms with Gasteiger partial charge in [-0.1, -0.05) is 44.0 Å². The molecule has 2 N–H and O–H groups in total. The Morgan fingerprint density at radius 1 is 1.19 bits per heavy atom. The maximum Gasteiger partial charge on any atom is 0.226 e. The van der Waals surface area contributed by atoms with Crippen molar-refractivity contribution in [3.63, 3.8) is 0 Å². The lowest BCUT2D eigenvalue weighted by molar-refractivity contribution is -0.137. The lowest BCUT2D eigenvalue weighted by Crippen LogP contribution is -2.40. The molecule has 1 aromatic rings. The largest absolute Gasteiger partial charge is 0.341 e. The molecule has 0 saturated heterocycles. The summed E-state index contributed by atoms with van der Waals surface area (Å²) in [5, 5.41) is 0. The summed E-state index contributed by atoms with van der Waals surface area (Å²) in [5.74, 6) is 0.768. The van der Waals surface area contributed by atoms with E-state index in [0.29, 0.717) is 19.0 Å². The first kappa shape index (κ1) is 16.0. The van der Waals surface area contributed by atoms with Crippen LogP contribution in [-0.4, -0.2) is 24.4 Å². The van der Waals surface area contributed by atoms with Crippen molar-refractivity contribution in [2.45, 2.75) is 45.6 Å². The smallest absolute Gasteiger partial charge is 0.226 e. The van der Waals surface area contributed by atoms with Crippen LogP contribution in [0.2, 0.25) is 0 Å². The lowest BCUT2D eigenvalue weighted by atomic mass is 9.78. The van der Waals surface area contributed by atoms with Crippen LogP contribution >= 0.6 is 0 Å². The van der Waals surface area contributed by atoms with Gasteiger partial charge in [-0.05, 0) is 42.9 Å². The molecule has 0 spiro atoms. The van der Waals surface area contributed by atoms with Gasteiger partial charge in [0, 0.05) is 19.5 Å². The van der Waals surface area contributed by atoms with Crippen molar-refractivity contribution in [2.75, 3.05) is 13.6 Å². The molecule has 21 heavy (non-hydrogen) atoms. The number of benzene rings is 1. The van der Waals surface area contributed by atoms with Crippen LogP contribution in [0.15, 0.2) is 24.3 Å². The summed E-state index contributed by atoms with van der Waals surface area (Å²) in [6.07, 6.45) is 5.53. The summed E-state index contributed by atoms with van der Waals surface area (Å²) < 4.78 is 0. The molecule has 3 nitrogen and oxygen atoms in total. The van der Waals surface area contributed by atoms with Crippen LogP contribution in [0, 0.1) is 11.8 Å². The summed E-state index contributed by atoms with van der Waals surface area (Å²) >= 11 is 0. The summed E-state index contributed by atoms with van der Waals surface area (Å²) in [5.41, 5.74) is 8.38. The van der Waals surface area contributed by atoms with Crippen LogP contribution < -0.4 is 5.73 Å². The van der Waals surface area contributed by atoms with E-state index in [4.69, 9.17) is 5.73 Å². The zero-order valence-corrected chi connectivity index (χ0v) is 13.3. The summed E-state index contributed by atoms with van der Waals surface area (Å²) in [6.45, 7) is 3.48. The molecule has 1 fully saturated rings. The van der Waals surface area contributed by atoms with Crippen LogP contribution in [0.4, 0.5) is 0 Å². The molecule has 0 heterocycles. The van der Waals surface area contributed by atoms with Gasteiger partial charge in [-0.2, -0.15) is 0 Å². The second kappa shape index (κ2) is 7.60. The average Bonchev–Trinajstić information content (AvgIpc) is 2.54. The predicted molar refractivity (Wildman–Crippen MR) is 86.8 cm³/mol. The Morgan fingerprint density at radius 2 is 1.81 bits per heavy atom. The van der Waals surface area contributed by atoms with E-state index in [9.17, 15) is 4.79 Å². The van der Waals surface area contributed by atoms with Gasteiger partial charge in [0.1, 0.15) is 0 Å². The van der Waals surface area contributed by atoms with E-state index in [1.54, 1.807) is 0 Å². The van der Waals surface area contributed by atoms with E-state index in [0.717, 1.165) is 25.7 Å². The third-order valence-corrected chi connectivity index (χ3v) is 4.76. The Labute approximate surface area is 128 Å². The second-order valence-corrected chi connectivity index (χ2v) is 6.25. The molecule has 2 rings (SSSR count). The molecule has 1 aliphatic rings. The zero-order valence-electron chi connectivity index (χ0n) is 13.3. The number of amides is 1. The summed E-state index contributed by atoms with van der Waals surface area (Å²) in [4.78, 5) is 14.5. The maximum absolute atomic E-state index is 12.7. The Morgan fingerprint density at radius 3 is 2.43 bits per heavy atom. The van der Waals surface area contributed by atoms with E-state index in [1.165, 1.54) is 17.5 Å². The molecule has 0 radical (unpaired) electrons. The third kappa shape index (κ3) is 4.07. The predicted octanol–water partition coefficient (Wildman–Crippen LogP) is 2.97. The molecule has 0 aliphatic heterocycles. The number of hydrogen-bond donors (Lipinski definition) is 1. The monoisotopic (exact) mass is 288 g/mol. The quantitative estimate of drug-likeness (QED) is 0.905. The van der Waals surface area contributed by atoms with Crippen LogP contribution in [-0.2, 0) is 17.8 Å². The van der Waals surface area contributed by atoms with Crippen molar-refractivity contribution in [3.05, 3.63) is 35.4 Å². The fourth-order valence-corrected chi connectivity index (χ4v) is 3.33. The van der Waals surface area contributed by atoms with Crippen LogP contribution in [0.25, 0.3) is 0 Å². The van der Waals surface area contributed by atoms with Crippen LogP contribution in [0.1, 0.15) is 43.7 Å². The minimum atomic E-state index is 0.128. The van der Waals surface area contributed by atoms with Gasteiger partial charge in [-0.15, -0.1) is 0 Å². The van der Waals surface area contributed by atoms with Crippen molar-refractivity contribution < 1.29 is 4.79 Å². The highest BCUT2D eigenvalue weighted by Gasteiger charge is 2.31. The number of nitrogens with two attached hydrogens (primary N) is 1. The molecule has 0 bridgehead atoms. The van der Waals surface area contributed by atoms with Gasteiger partial charge >= 0.3 is 0 Å². The first-order chi connectivity index (χ1) is 10.2. The minimum Gasteiger partial charge on any atom is -0.341 e. The van der Waals surface area contributed by atoms with Crippen molar-refractivity contribution >= 4 is 5.91 Å². The molecule has 1 aliphatic carbocycles. The number of aryl methyl sites for hydroxylation is 1. The van der Waals surface area contributed by atoms with E-state index in [2.05, 4.69) is 31.2 Å². The number of carbonyl (C=O) groups excluding carboxylic acids is 1. The Balaban J connectivity index is 1.97. The first-order valence-corrected chi connectivity index (χ1v) is 8.18. The van der Waals surface area contributed by atoms with E-state index in [1.807, 2.05) is 11.9 Å². The molecule has 1 aromatic carbocycles. The Hall–Kier alpha value is -1.35. The van der Waals surface area contributed by atoms with Crippen molar-refractivity contribution in [1.82, 2.24) is 4.90 Å². The fraction of sp³-hybridized carbons (Fsp3) is 0.611. The zero-order chi connectivity index (χ0) is 15.2. The molecule has 1 saturated carbocycles. The molecule has 3 heteroatoms. The number of hydrogen-bond acceptors (Lipinski definition) is 2. The summed E-state index contributed by atoms with van der Waals surface area (Å²) in [7, 11) is 1.91. The van der Waals surface area contributed by atoms with Crippen molar-refractivity contribution in [1.29, 1.82) is 0 Å². The molecule has 1 amide bonds. The minimum absolute atomic E-state index is 0.128.